The molecule has 0 fully saturated rings. The van der Waals surface area contributed by atoms with Crippen LogP contribution in [0.4, 0.5) is 0 Å². The molecule has 2 aromatic rings. The predicted molar refractivity (Wildman–Crippen MR) is 75.6 cm³/mol. The van der Waals surface area contributed by atoms with Gasteiger partial charge in [0.2, 0.25) is 0 Å². The molecule has 5 heteroatoms. The van der Waals surface area contributed by atoms with Crippen molar-refractivity contribution in [3.05, 3.63) is 51.8 Å². The van der Waals surface area contributed by atoms with E-state index in [9.17, 15) is 4.79 Å². The number of nitrogens with zero attached hydrogens (tertiary/aromatic N) is 2. The summed E-state index contributed by atoms with van der Waals surface area (Å²) in [6.45, 7) is 4.28. The molecule has 2 rings (SSSR count). The zero-order valence-electron chi connectivity index (χ0n) is 11.2. The number of benzene rings is 1. The van der Waals surface area contributed by atoms with E-state index in [2.05, 4.69) is 10.4 Å². The van der Waals surface area contributed by atoms with Crippen LogP contribution in [0, 0.1) is 13.8 Å². The lowest BCUT2D eigenvalue weighted by Crippen LogP contribution is -2.19. The van der Waals surface area contributed by atoms with E-state index in [1.165, 1.54) is 0 Å². The first-order valence-electron chi connectivity index (χ1n) is 6.04. The standard InChI is InChI=1S/C14H16ClN3O/c1-9-13(14(19)16-3)10(2)18(17-9)8-11-6-4-5-7-12(11)15/h4-7H,8H2,1-3H3,(H,16,19). The fourth-order valence-corrected chi connectivity index (χ4v) is 2.29. The van der Waals surface area contributed by atoms with E-state index >= 15 is 0 Å². The van der Waals surface area contributed by atoms with Crippen molar-refractivity contribution in [3.63, 3.8) is 0 Å². The minimum absolute atomic E-state index is 0.111. The van der Waals surface area contributed by atoms with Gasteiger partial charge in [-0.05, 0) is 25.5 Å². The Morgan fingerprint density at radius 3 is 2.68 bits per heavy atom. The van der Waals surface area contributed by atoms with Crippen molar-refractivity contribution in [2.24, 2.45) is 0 Å². The summed E-state index contributed by atoms with van der Waals surface area (Å²) in [5.41, 5.74) is 3.19. The lowest BCUT2D eigenvalue weighted by molar-refractivity contribution is 0.0962. The fourth-order valence-electron chi connectivity index (χ4n) is 2.09. The third-order valence-electron chi connectivity index (χ3n) is 3.11. The van der Waals surface area contributed by atoms with Gasteiger partial charge in [0.1, 0.15) is 0 Å². The summed E-state index contributed by atoms with van der Waals surface area (Å²) in [4.78, 5) is 11.8. The number of hydrogen-bond acceptors (Lipinski definition) is 2. The number of rotatable bonds is 3. The predicted octanol–water partition coefficient (Wildman–Crippen LogP) is 2.56. The lowest BCUT2D eigenvalue weighted by Gasteiger charge is -2.07. The Morgan fingerprint density at radius 2 is 2.05 bits per heavy atom. The van der Waals surface area contributed by atoms with Crippen LogP contribution in [-0.4, -0.2) is 22.7 Å². The van der Waals surface area contributed by atoms with Gasteiger partial charge in [-0.3, -0.25) is 9.48 Å². The molecule has 0 spiro atoms. The highest BCUT2D eigenvalue weighted by molar-refractivity contribution is 6.31. The van der Waals surface area contributed by atoms with Crippen molar-refractivity contribution in [1.29, 1.82) is 0 Å². The van der Waals surface area contributed by atoms with Gasteiger partial charge >= 0.3 is 0 Å². The van der Waals surface area contributed by atoms with Gasteiger partial charge in [-0.2, -0.15) is 5.10 Å². The van der Waals surface area contributed by atoms with E-state index < -0.39 is 0 Å². The molecular formula is C14H16ClN3O. The maximum absolute atomic E-state index is 11.8. The van der Waals surface area contributed by atoms with Gasteiger partial charge in [0.15, 0.2) is 0 Å². The SMILES string of the molecule is CNC(=O)c1c(C)nn(Cc2ccccc2Cl)c1C. The Morgan fingerprint density at radius 1 is 1.37 bits per heavy atom. The van der Waals surface area contributed by atoms with Crippen LogP contribution in [0.15, 0.2) is 24.3 Å². The zero-order chi connectivity index (χ0) is 14.0. The highest BCUT2D eigenvalue weighted by Crippen LogP contribution is 2.19. The summed E-state index contributed by atoms with van der Waals surface area (Å²) < 4.78 is 1.81. The van der Waals surface area contributed by atoms with Crippen LogP contribution in [0.1, 0.15) is 27.3 Å². The van der Waals surface area contributed by atoms with E-state index in [1.54, 1.807) is 11.7 Å². The Kier molecular flexibility index (Phi) is 3.90. The summed E-state index contributed by atoms with van der Waals surface area (Å²) in [5, 5.41) is 7.75. The van der Waals surface area contributed by atoms with E-state index in [0.29, 0.717) is 17.1 Å². The smallest absolute Gasteiger partial charge is 0.254 e. The van der Waals surface area contributed by atoms with Crippen molar-refractivity contribution < 1.29 is 4.79 Å². The molecule has 0 aliphatic heterocycles. The van der Waals surface area contributed by atoms with Gasteiger partial charge < -0.3 is 5.32 Å². The van der Waals surface area contributed by atoms with Gasteiger partial charge in [-0.25, -0.2) is 0 Å². The van der Waals surface area contributed by atoms with E-state index in [-0.39, 0.29) is 5.91 Å². The molecule has 4 nitrogen and oxygen atoms in total. The average molecular weight is 278 g/mol. The van der Waals surface area contributed by atoms with E-state index in [1.807, 2.05) is 38.1 Å². The van der Waals surface area contributed by atoms with Crippen LogP contribution in [0.25, 0.3) is 0 Å². The highest BCUT2D eigenvalue weighted by atomic mass is 35.5. The Hall–Kier alpha value is -1.81. The maximum Gasteiger partial charge on any atom is 0.254 e. The largest absolute Gasteiger partial charge is 0.355 e. The van der Waals surface area contributed by atoms with E-state index in [0.717, 1.165) is 17.0 Å². The quantitative estimate of drug-likeness (QED) is 0.937. The lowest BCUT2D eigenvalue weighted by atomic mass is 10.2. The summed E-state index contributed by atoms with van der Waals surface area (Å²) in [5.74, 6) is -0.111. The molecule has 0 radical (unpaired) electrons. The summed E-state index contributed by atoms with van der Waals surface area (Å²) in [6.07, 6.45) is 0. The second-order valence-electron chi connectivity index (χ2n) is 4.37. The number of aromatic nitrogens is 2. The molecule has 19 heavy (non-hydrogen) atoms. The number of hydrogen-bond donors (Lipinski definition) is 1. The van der Waals surface area contributed by atoms with Crippen LogP contribution in [0.3, 0.4) is 0 Å². The van der Waals surface area contributed by atoms with Gasteiger partial charge in [0.05, 0.1) is 17.8 Å². The molecule has 1 heterocycles. The topological polar surface area (TPSA) is 46.9 Å². The molecule has 1 aromatic carbocycles. The van der Waals surface area contributed by atoms with Gasteiger partial charge in [-0.15, -0.1) is 0 Å². The molecule has 0 saturated heterocycles. The summed E-state index contributed by atoms with van der Waals surface area (Å²) in [7, 11) is 1.62. The zero-order valence-corrected chi connectivity index (χ0v) is 12.0. The van der Waals surface area contributed by atoms with Crippen molar-refractivity contribution in [2.75, 3.05) is 7.05 Å². The Balaban J connectivity index is 2.38. The first kappa shape index (κ1) is 13.6. The molecule has 0 aliphatic rings. The van der Waals surface area contributed by atoms with Gasteiger partial charge in [0.25, 0.3) is 5.91 Å². The Bertz CT molecular complexity index is 619. The van der Waals surface area contributed by atoms with Crippen LogP contribution in [0.5, 0.6) is 0 Å². The van der Waals surface area contributed by atoms with Crippen molar-refractivity contribution in [3.8, 4) is 0 Å². The molecular weight excluding hydrogens is 262 g/mol. The molecule has 1 amide bonds. The van der Waals surface area contributed by atoms with Crippen LogP contribution in [0.2, 0.25) is 5.02 Å². The third kappa shape index (κ3) is 2.63. The van der Waals surface area contributed by atoms with Crippen LogP contribution < -0.4 is 5.32 Å². The monoisotopic (exact) mass is 277 g/mol. The highest BCUT2D eigenvalue weighted by Gasteiger charge is 2.17. The normalized spacial score (nSPS) is 10.5. The van der Waals surface area contributed by atoms with Crippen molar-refractivity contribution in [1.82, 2.24) is 15.1 Å². The van der Waals surface area contributed by atoms with Gasteiger partial charge in [0, 0.05) is 17.8 Å². The molecule has 1 N–H and O–H groups in total. The second-order valence-corrected chi connectivity index (χ2v) is 4.78. The van der Waals surface area contributed by atoms with Crippen LogP contribution >= 0.6 is 11.6 Å². The third-order valence-corrected chi connectivity index (χ3v) is 3.48. The number of carbonyl (C=O) groups excluding carboxylic acids is 1. The number of aryl methyl sites for hydroxylation is 1. The number of amides is 1. The molecule has 100 valence electrons. The number of carbonyl (C=O) groups is 1. The minimum Gasteiger partial charge on any atom is -0.355 e. The maximum atomic E-state index is 11.8. The van der Waals surface area contributed by atoms with Gasteiger partial charge in [-0.1, -0.05) is 29.8 Å². The van der Waals surface area contributed by atoms with Crippen molar-refractivity contribution >= 4 is 17.5 Å². The Labute approximate surface area is 117 Å². The first-order valence-corrected chi connectivity index (χ1v) is 6.42. The fraction of sp³-hybridized carbons (Fsp3) is 0.286. The summed E-state index contributed by atoms with van der Waals surface area (Å²) >= 11 is 6.14. The molecule has 0 saturated carbocycles. The minimum atomic E-state index is -0.111. The average Bonchev–Trinajstić information content (AvgIpc) is 2.66. The molecule has 0 atom stereocenters. The van der Waals surface area contributed by atoms with E-state index in [4.69, 9.17) is 11.6 Å². The number of halogens is 1. The summed E-state index contributed by atoms with van der Waals surface area (Å²) in [6, 6.07) is 7.64. The number of nitrogens with one attached hydrogen (secondary N) is 1. The molecule has 0 unspecified atom stereocenters. The first-order chi connectivity index (χ1) is 9.04. The van der Waals surface area contributed by atoms with Crippen LogP contribution in [-0.2, 0) is 6.54 Å². The molecule has 1 aromatic heterocycles. The second kappa shape index (κ2) is 5.45. The molecule has 0 aliphatic carbocycles. The molecule has 0 bridgehead atoms. The van der Waals surface area contributed by atoms with Crippen molar-refractivity contribution in [2.45, 2.75) is 20.4 Å².